The summed E-state index contributed by atoms with van der Waals surface area (Å²) in [5.41, 5.74) is 0.855. The Balaban J connectivity index is 1.41. The molecule has 1 amide bonds. The van der Waals surface area contributed by atoms with E-state index in [0.29, 0.717) is 28.5 Å². The molecule has 1 saturated carbocycles. The van der Waals surface area contributed by atoms with Crippen molar-refractivity contribution in [3.05, 3.63) is 65.5 Å². The molecule has 0 spiro atoms. The summed E-state index contributed by atoms with van der Waals surface area (Å²) in [7, 11) is 2.90. The van der Waals surface area contributed by atoms with Crippen LogP contribution in [0.25, 0.3) is 16.8 Å². The number of amides is 1. The SMILES string of the molecule is COc1ncc(Cl)cc1[B]Nc1ccc(F)c(-c2cn3cnc(C(=O)NCC4CC4)c3cn2)c1F. The van der Waals surface area contributed by atoms with Crippen molar-refractivity contribution in [2.24, 2.45) is 5.92 Å². The monoisotopic (exact) mass is 495 g/mol. The summed E-state index contributed by atoms with van der Waals surface area (Å²) < 4.78 is 36.8. The smallest absolute Gasteiger partial charge is 0.288 e. The van der Waals surface area contributed by atoms with Crippen LogP contribution in [0.2, 0.25) is 5.02 Å². The summed E-state index contributed by atoms with van der Waals surface area (Å²) in [6, 6.07) is 4.00. The molecule has 3 heterocycles. The highest BCUT2D eigenvalue weighted by Gasteiger charge is 2.24. The number of halogens is 3. The van der Waals surface area contributed by atoms with Crippen LogP contribution in [-0.2, 0) is 0 Å². The number of methoxy groups -OCH3 is 1. The normalized spacial score (nSPS) is 13.0. The number of rotatable bonds is 8. The maximum absolute atomic E-state index is 15.4. The van der Waals surface area contributed by atoms with E-state index >= 15 is 4.39 Å². The zero-order chi connectivity index (χ0) is 24.5. The van der Waals surface area contributed by atoms with E-state index < -0.39 is 11.6 Å². The Labute approximate surface area is 205 Å². The van der Waals surface area contributed by atoms with E-state index in [1.165, 1.54) is 49.9 Å². The first-order valence-electron chi connectivity index (χ1n) is 10.8. The van der Waals surface area contributed by atoms with Crippen molar-refractivity contribution in [3.63, 3.8) is 0 Å². The van der Waals surface area contributed by atoms with Gasteiger partial charge in [-0.1, -0.05) is 11.6 Å². The summed E-state index contributed by atoms with van der Waals surface area (Å²) in [4.78, 5) is 24.9. The number of benzene rings is 1. The van der Waals surface area contributed by atoms with Gasteiger partial charge >= 0.3 is 0 Å². The van der Waals surface area contributed by atoms with Crippen LogP contribution in [0.3, 0.4) is 0 Å². The molecule has 177 valence electrons. The molecule has 1 aliphatic carbocycles. The summed E-state index contributed by atoms with van der Waals surface area (Å²) in [6.07, 6.45) is 7.87. The maximum Gasteiger partial charge on any atom is 0.288 e. The van der Waals surface area contributed by atoms with Gasteiger partial charge in [0, 0.05) is 24.4 Å². The molecule has 12 heteroatoms. The topological polar surface area (TPSA) is 93.4 Å². The highest BCUT2D eigenvalue weighted by molar-refractivity contribution is 6.58. The van der Waals surface area contributed by atoms with Crippen LogP contribution < -0.4 is 20.7 Å². The highest BCUT2D eigenvalue weighted by Crippen LogP contribution is 2.30. The van der Waals surface area contributed by atoms with Gasteiger partial charge in [-0.3, -0.25) is 9.78 Å². The van der Waals surface area contributed by atoms with Crippen molar-refractivity contribution >= 4 is 41.6 Å². The largest absolute Gasteiger partial charge is 0.481 e. The van der Waals surface area contributed by atoms with E-state index in [9.17, 15) is 9.18 Å². The molecule has 8 nitrogen and oxygen atoms in total. The number of anilines is 1. The summed E-state index contributed by atoms with van der Waals surface area (Å²) >= 11 is 5.99. The second kappa shape index (κ2) is 9.49. The molecule has 3 aromatic heterocycles. The average molecular weight is 496 g/mol. The minimum absolute atomic E-state index is 0.0103. The van der Waals surface area contributed by atoms with Crippen LogP contribution >= 0.6 is 11.6 Å². The molecule has 1 radical (unpaired) electrons. The van der Waals surface area contributed by atoms with Crippen molar-refractivity contribution in [2.75, 3.05) is 18.9 Å². The lowest BCUT2D eigenvalue weighted by atomic mass is 9.83. The Morgan fingerprint density at radius 1 is 1.26 bits per heavy atom. The molecule has 5 rings (SSSR count). The fourth-order valence-electron chi connectivity index (χ4n) is 3.61. The van der Waals surface area contributed by atoms with Crippen molar-refractivity contribution in [3.8, 4) is 17.1 Å². The maximum atomic E-state index is 15.4. The first kappa shape index (κ1) is 23.0. The van der Waals surface area contributed by atoms with Gasteiger partial charge in [-0.15, -0.1) is 0 Å². The number of ether oxygens (including phenoxy) is 1. The second-order valence-electron chi connectivity index (χ2n) is 8.14. The number of imidazole rings is 1. The molecule has 0 saturated heterocycles. The fourth-order valence-corrected chi connectivity index (χ4v) is 3.78. The lowest BCUT2D eigenvalue weighted by Gasteiger charge is -2.12. The highest BCUT2D eigenvalue weighted by atomic mass is 35.5. The summed E-state index contributed by atoms with van der Waals surface area (Å²) in [6.45, 7) is 0.605. The molecule has 1 aliphatic rings. The number of carbonyl (C=O) groups is 1. The van der Waals surface area contributed by atoms with Gasteiger partial charge in [0.2, 0.25) is 5.88 Å². The predicted octanol–water partition coefficient (Wildman–Crippen LogP) is 3.23. The molecule has 4 aromatic rings. The van der Waals surface area contributed by atoms with E-state index in [-0.39, 0.29) is 34.4 Å². The third-order valence-corrected chi connectivity index (χ3v) is 5.86. The Kier molecular flexibility index (Phi) is 6.25. The number of nitrogens with zero attached hydrogens (tertiary/aromatic N) is 4. The molecular weight excluding hydrogens is 477 g/mol. The number of nitrogens with one attached hydrogen (secondary N) is 2. The van der Waals surface area contributed by atoms with Crippen LogP contribution in [0.15, 0.2) is 43.1 Å². The van der Waals surface area contributed by atoms with Crippen molar-refractivity contribution < 1.29 is 18.3 Å². The van der Waals surface area contributed by atoms with Gasteiger partial charge in [0.15, 0.2) is 11.5 Å². The van der Waals surface area contributed by atoms with Gasteiger partial charge in [0.05, 0.1) is 40.8 Å². The van der Waals surface area contributed by atoms with Gasteiger partial charge < -0.3 is 19.7 Å². The molecule has 0 aliphatic heterocycles. The van der Waals surface area contributed by atoms with Crippen LogP contribution in [0.1, 0.15) is 23.3 Å². The minimum Gasteiger partial charge on any atom is -0.481 e. The lowest BCUT2D eigenvalue weighted by molar-refractivity contribution is 0.0949. The number of fused-ring (bicyclic) bond motifs is 1. The first-order chi connectivity index (χ1) is 16.9. The van der Waals surface area contributed by atoms with Crippen LogP contribution in [0.5, 0.6) is 5.88 Å². The van der Waals surface area contributed by atoms with E-state index in [0.717, 1.165) is 18.9 Å². The molecule has 1 aromatic carbocycles. The quantitative estimate of drug-likeness (QED) is 0.365. The number of carbonyl (C=O) groups excluding carboxylic acids is 1. The Morgan fingerprint density at radius 2 is 2.09 bits per heavy atom. The fraction of sp³-hybridized carbons (Fsp3) is 0.217. The van der Waals surface area contributed by atoms with E-state index in [1.807, 2.05) is 0 Å². The van der Waals surface area contributed by atoms with Crippen LogP contribution in [0.4, 0.5) is 14.5 Å². The van der Waals surface area contributed by atoms with Gasteiger partial charge in [-0.2, -0.15) is 0 Å². The second-order valence-corrected chi connectivity index (χ2v) is 8.57. The zero-order valence-corrected chi connectivity index (χ0v) is 19.3. The molecular formula is C23H19BClF2N6O2. The molecule has 0 unspecified atom stereocenters. The molecule has 0 atom stereocenters. The third kappa shape index (κ3) is 4.76. The van der Waals surface area contributed by atoms with E-state index in [1.54, 1.807) is 6.07 Å². The molecule has 0 bridgehead atoms. The first-order valence-corrected chi connectivity index (χ1v) is 11.2. The Morgan fingerprint density at radius 3 is 2.86 bits per heavy atom. The van der Waals surface area contributed by atoms with Gasteiger partial charge in [0.1, 0.15) is 12.1 Å². The van der Waals surface area contributed by atoms with Crippen molar-refractivity contribution in [1.29, 1.82) is 0 Å². The number of pyridine rings is 1. The van der Waals surface area contributed by atoms with Crippen molar-refractivity contribution in [2.45, 2.75) is 12.8 Å². The van der Waals surface area contributed by atoms with Gasteiger partial charge in [-0.05, 0) is 37.0 Å². The van der Waals surface area contributed by atoms with Crippen molar-refractivity contribution in [1.82, 2.24) is 24.7 Å². The lowest BCUT2D eigenvalue weighted by Crippen LogP contribution is -2.26. The minimum atomic E-state index is -0.843. The zero-order valence-electron chi connectivity index (χ0n) is 18.6. The van der Waals surface area contributed by atoms with Gasteiger partial charge in [0.25, 0.3) is 13.3 Å². The van der Waals surface area contributed by atoms with Crippen LogP contribution in [0, 0.1) is 17.6 Å². The number of hydrogen-bond acceptors (Lipinski definition) is 6. The van der Waals surface area contributed by atoms with E-state index in [4.69, 9.17) is 16.3 Å². The van der Waals surface area contributed by atoms with Gasteiger partial charge in [-0.25, -0.2) is 18.7 Å². The van der Waals surface area contributed by atoms with E-state index in [2.05, 4.69) is 25.5 Å². The summed E-state index contributed by atoms with van der Waals surface area (Å²) in [5, 5.41) is 6.03. The number of aromatic nitrogens is 4. The predicted molar refractivity (Wildman–Crippen MR) is 128 cm³/mol. The molecule has 1 fully saturated rings. The Bertz CT molecular complexity index is 1430. The molecule has 35 heavy (non-hydrogen) atoms. The Hall–Kier alpha value is -3.73. The standard InChI is InChI=1S/C23H19BClF2N6O2/c1-35-23-14(6-13(25)8-30-23)24-32-16-5-4-15(26)19(20(16)27)17-10-33-11-31-21(18(33)9-28-17)22(34)29-7-12-2-3-12/h4-6,8-12,32H,2-3,7H2,1H3,(H,29,34). The average Bonchev–Trinajstić information content (AvgIpc) is 3.59. The number of hydrogen-bond donors (Lipinski definition) is 2. The molecule has 2 N–H and O–H groups in total. The third-order valence-electron chi connectivity index (χ3n) is 5.65. The summed E-state index contributed by atoms with van der Waals surface area (Å²) in [5.74, 6) is -1.13. The van der Waals surface area contributed by atoms with Crippen LogP contribution in [-0.4, -0.2) is 46.3 Å².